The SMILES string of the molecule is CC(C#N)OC(=O)C=NO. The molecule has 10 heavy (non-hydrogen) atoms. The first-order valence-electron chi connectivity index (χ1n) is 2.48. The van der Waals surface area contributed by atoms with Crippen molar-refractivity contribution in [2.45, 2.75) is 13.0 Å². The Morgan fingerprint density at radius 3 is 3.00 bits per heavy atom. The van der Waals surface area contributed by atoms with Gasteiger partial charge in [-0.15, -0.1) is 0 Å². The van der Waals surface area contributed by atoms with Crippen LogP contribution in [0.15, 0.2) is 5.16 Å². The number of esters is 1. The smallest absolute Gasteiger partial charge is 0.354 e. The maximum atomic E-state index is 10.3. The minimum atomic E-state index is -0.837. The molecule has 54 valence electrons. The summed E-state index contributed by atoms with van der Waals surface area (Å²) in [7, 11) is 0. The van der Waals surface area contributed by atoms with Crippen molar-refractivity contribution in [3.8, 4) is 6.07 Å². The Kier molecular flexibility index (Phi) is 3.64. The molecule has 5 heteroatoms. The van der Waals surface area contributed by atoms with Gasteiger partial charge in [0.1, 0.15) is 6.07 Å². The van der Waals surface area contributed by atoms with E-state index >= 15 is 0 Å². The van der Waals surface area contributed by atoms with Crippen LogP contribution in [0.5, 0.6) is 0 Å². The molecule has 0 heterocycles. The summed E-state index contributed by atoms with van der Waals surface area (Å²) in [5.41, 5.74) is 0. The van der Waals surface area contributed by atoms with Gasteiger partial charge in [-0.1, -0.05) is 5.16 Å². The van der Waals surface area contributed by atoms with Crippen LogP contribution in [0.25, 0.3) is 0 Å². The molecule has 0 saturated carbocycles. The summed E-state index contributed by atoms with van der Waals surface area (Å²) in [6.45, 7) is 1.41. The zero-order valence-corrected chi connectivity index (χ0v) is 5.31. The number of nitriles is 1. The lowest BCUT2D eigenvalue weighted by Gasteiger charge is -1.99. The molecule has 0 amide bonds. The first-order chi connectivity index (χ1) is 4.70. The first kappa shape index (κ1) is 8.43. The molecule has 1 N–H and O–H groups in total. The van der Waals surface area contributed by atoms with Gasteiger partial charge in [0.2, 0.25) is 0 Å². The van der Waals surface area contributed by atoms with E-state index in [9.17, 15) is 4.79 Å². The van der Waals surface area contributed by atoms with Gasteiger partial charge < -0.3 is 9.94 Å². The van der Waals surface area contributed by atoms with Gasteiger partial charge in [0, 0.05) is 0 Å². The minimum absolute atomic E-state index is 0.577. The number of ether oxygens (including phenoxy) is 1. The Balaban J connectivity index is 3.71. The second-order valence-electron chi connectivity index (χ2n) is 1.45. The van der Waals surface area contributed by atoms with E-state index in [0.717, 1.165) is 0 Å². The van der Waals surface area contributed by atoms with E-state index < -0.39 is 12.1 Å². The Labute approximate surface area is 57.5 Å². The Morgan fingerprint density at radius 2 is 2.60 bits per heavy atom. The Bertz CT molecular complexity index is 182. The average molecular weight is 142 g/mol. The lowest BCUT2D eigenvalue weighted by molar-refractivity contribution is -0.137. The third-order valence-electron chi connectivity index (χ3n) is 0.638. The zero-order chi connectivity index (χ0) is 7.98. The number of hydrogen-bond donors (Lipinski definition) is 1. The zero-order valence-electron chi connectivity index (χ0n) is 5.31. The quantitative estimate of drug-likeness (QED) is 0.252. The summed E-state index contributed by atoms with van der Waals surface area (Å²) < 4.78 is 4.33. The molecule has 1 unspecified atom stereocenters. The van der Waals surface area contributed by atoms with Crippen molar-refractivity contribution in [2.75, 3.05) is 0 Å². The highest BCUT2D eigenvalue weighted by atomic mass is 16.5. The van der Waals surface area contributed by atoms with E-state index in [2.05, 4.69) is 9.89 Å². The molecule has 0 aliphatic heterocycles. The van der Waals surface area contributed by atoms with Gasteiger partial charge in [0.25, 0.3) is 0 Å². The number of oxime groups is 1. The van der Waals surface area contributed by atoms with Crippen molar-refractivity contribution in [1.82, 2.24) is 0 Å². The summed E-state index contributed by atoms with van der Waals surface area (Å²) in [5, 5.41) is 18.3. The van der Waals surface area contributed by atoms with Gasteiger partial charge in [-0.25, -0.2) is 4.79 Å². The van der Waals surface area contributed by atoms with Crippen molar-refractivity contribution in [3.05, 3.63) is 0 Å². The molecule has 0 aliphatic carbocycles. The summed E-state index contributed by atoms with van der Waals surface area (Å²) in [6, 6.07) is 1.67. The largest absolute Gasteiger partial charge is 0.443 e. The molecule has 0 spiro atoms. The van der Waals surface area contributed by atoms with E-state index in [-0.39, 0.29) is 0 Å². The highest BCUT2D eigenvalue weighted by Gasteiger charge is 2.03. The monoisotopic (exact) mass is 142 g/mol. The third-order valence-corrected chi connectivity index (χ3v) is 0.638. The van der Waals surface area contributed by atoms with Gasteiger partial charge in [-0.3, -0.25) is 0 Å². The fourth-order valence-corrected chi connectivity index (χ4v) is 0.278. The van der Waals surface area contributed by atoms with Crippen molar-refractivity contribution < 1.29 is 14.7 Å². The van der Waals surface area contributed by atoms with E-state index in [4.69, 9.17) is 10.5 Å². The fourth-order valence-electron chi connectivity index (χ4n) is 0.278. The fraction of sp³-hybridized carbons (Fsp3) is 0.400. The maximum absolute atomic E-state index is 10.3. The molecule has 0 saturated heterocycles. The first-order valence-corrected chi connectivity index (χ1v) is 2.48. The van der Waals surface area contributed by atoms with Crippen LogP contribution < -0.4 is 0 Å². The molecule has 1 atom stereocenters. The van der Waals surface area contributed by atoms with E-state index in [1.807, 2.05) is 0 Å². The topological polar surface area (TPSA) is 82.7 Å². The number of carbonyl (C=O) groups is 1. The van der Waals surface area contributed by atoms with Crippen LogP contribution in [0.3, 0.4) is 0 Å². The molecule has 0 fully saturated rings. The molecular weight excluding hydrogens is 136 g/mol. The summed E-state index contributed by atoms with van der Waals surface area (Å²) in [6.07, 6.45) is -0.237. The van der Waals surface area contributed by atoms with Gasteiger partial charge in [-0.05, 0) is 6.92 Å². The molecule has 0 bridgehead atoms. The third kappa shape index (κ3) is 3.43. The van der Waals surface area contributed by atoms with Crippen molar-refractivity contribution in [1.29, 1.82) is 5.26 Å². The number of hydrogen-bond acceptors (Lipinski definition) is 5. The molecular formula is C5H6N2O3. The second kappa shape index (κ2) is 4.32. The predicted octanol–water partition coefficient (Wildman–Crippen LogP) is -0.0983. The van der Waals surface area contributed by atoms with Gasteiger partial charge in [0.15, 0.2) is 12.3 Å². The van der Waals surface area contributed by atoms with Crippen molar-refractivity contribution in [2.24, 2.45) is 5.16 Å². The van der Waals surface area contributed by atoms with Crippen LogP contribution in [0.4, 0.5) is 0 Å². The van der Waals surface area contributed by atoms with E-state index in [1.54, 1.807) is 6.07 Å². The number of rotatable bonds is 2. The predicted molar refractivity (Wildman–Crippen MR) is 31.4 cm³/mol. The van der Waals surface area contributed by atoms with Crippen LogP contribution in [0, 0.1) is 11.3 Å². The lowest BCUT2D eigenvalue weighted by atomic mass is 10.5. The molecule has 0 rings (SSSR count). The summed E-state index contributed by atoms with van der Waals surface area (Å²) in [5.74, 6) is -0.837. The van der Waals surface area contributed by atoms with Crippen LogP contribution in [0.2, 0.25) is 0 Å². The second-order valence-corrected chi connectivity index (χ2v) is 1.45. The molecule has 0 aromatic carbocycles. The van der Waals surface area contributed by atoms with Gasteiger partial charge in [-0.2, -0.15) is 5.26 Å². The van der Waals surface area contributed by atoms with Crippen molar-refractivity contribution >= 4 is 12.2 Å². The van der Waals surface area contributed by atoms with Crippen LogP contribution >= 0.6 is 0 Å². The Morgan fingerprint density at radius 1 is 2.00 bits per heavy atom. The van der Waals surface area contributed by atoms with Gasteiger partial charge >= 0.3 is 5.97 Å². The summed E-state index contributed by atoms with van der Waals surface area (Å²) in [4.78, 5) is 10.3. The standard InChI is InChI=1S/C5H6N2O3/c1-4(2-6)10-5(8)3-7-9/h3-4,9H,1H3. The van der Waals surface area contributed by atoms with Crippen LogP contribution in [-0.4, -0.2) is 23.5 Å². The van der Waals surface area contributed by atoms with Crippen molar-refractivity contribution in [3.63, 3.8) is 0 Å². The average Bonchev–Trinajstić information content (AvgIpc) is 1.88. The molecule has 0 aliphatic rings. The van der Waals surface area contributed by atoms with Crippen LogP contribution in [0.1, 0.15) is 6.92 Å². The molecule has 0 aromatic heterocycles. The highest BCUT2D eigenvalue weighted by molar-refractivity contribution is 6.22. The molecule has 5 nitrogen and oxygen atoms in total. The number of carbonyl (C=O) groups excluding carboxylic acids is 1. The normalized spacial score (nSPS) is 12.4. The summed E-state index contributed by atoms with van der Waals surface area (Å²) >= 11 is 0. The Hall–Kier alpha value is -1.57. The lowest BCUT2D eigenvalue weighted by Crippen LogP contribution is -2.13. The van der Waals surface area contributed by atoms with E-state index in [0.29, 0.717) is 6.21 Å². The van der Waals surface area contributed by atoms with Gasteiger partial charge in [0.05, 0.1) is 0 Å². The maximum Gasteiger partial charge on any atom is 0.354 e. The minimum Gasteiger partial charge on any atom is -0.443 e. The number of nitrogens with zero attached hydrogens (tertiary/aromatic N) is 2. The van der Waals surface area contributed by atoms with E-state index in [1.165, 1.54) is 6.92 Å². The molecule has 0 aromatic rings. The molecule has 0 radical (unpaired) electrons. The van der Waals surface area contributed by atoms with Crippen LogP contribution in [-0.2, 0) is 9.53 Å². The highest BCUT2D eigenvalue weighted by Crippen LogP contribution is 1.86.